The number of fused-ring (bicyclic) bond motifs is 1. The molecular weight excluding hydrogens is 352 g/mol. The second-order valence-corrected chi connectivity index (χ2v) is 7.52. The van der Waals surface area contributed by atoms with Crippen molar-refractivity contribution in [2.75, 3.05) is 0 Å². The molecule has 4 rings (SSSR count). The minimum Gasteiger partial charge on any atom is -0.352 e. The first-order valence-electron chi connectivity index (χ1n) is 9.76. The maximum Gasteiger partial charge on any atom is 0.225 e. The first-order chi connectivity index (χ1) is 13.5. The predicted molar refractivity (Wildman–Crippen MR) is 106 cm³/mol. The molecule has 1 aliphatic rings. The van der Waals surface area contributed by atoms with E-state index in [1.807, 2.05) is 36.7 Å². The number of nitrogens with one attached hydrogen (secondary N) is 1. The molecule has 1 aromatic carbocycles. The molecule has 0 radical (unpaired) electrons. The lowest BCUT2D eigenvalue weighted by atomic mass is 9.98. The lowest BCUT2D eigenvalue weighted by molar-refractivity contribution is -0.126. The molecule has 1 N–H and O–H groups in total. The molecule has 3 heterocycles. The van der Waals surface area contributed by atoms with E-state index in [0.29, 0.717) is 13.1 Å². The summed E-state index contributed by atoms with van der Waals surface area (Å²) in [5.41, 5.74) is 4.38. The Kier molecular flexibility index (Phi) is 4.98. The Morgan fingerprint density at radius 2 is 1.96 bits per heavy atom. The average Bonchev–Trinajstić information content (AvgIpc) is 3.20. The molecule has 0 saturated carbocycles. The van der Waals surface area contributed by atoms with Gasteiger partial charge in [0.1, 0.15) is 11.6 Å². The molecule has 28 heavy (non-hydrogen) atoms. The van der Waals surface area contributed by atoms with Crippen LogP contribution in [0, 0.1) is 26.7 Å². The number of nitrogens with zero attached hydrogens (tertiary/aromatic N) is 5. The second-order valence-electron chi connectivity index (χ2n) is 7.52. The van der Waals surface area contributed by atoms with Crippen molar-refractivity contribution < 1.29 is 4.79 Å². The van der Waals surface area contributed by atoms with E-state index in [0.717, 1.165) is 48.0 Å². The van der Waals surface area contributed by atoms with E-state index in [1.165, 1.54) is 5.56 Å². The molecule has 0 aliphatic carbocycles. The Balaban J connectivity index is 1.41. The topological polar surface area (TPSA) is 77.6 Å². The van der Waals surface area contributed by atoms with Crippen LogP contribution >= 0.6 is 0 Å². The van der Waals surface area contributed by atoms with Gasteiger partial charge in [-0.05, 0) is 32.8 Å². The van der Waals surface area contributed by atoms with Gasteiger partial charge >= 0.3 is 0 Å². The third-order valence-corrected chi connectivity index (χ3v) is 5.65. The zero-order valence-corrected chi connectivity index (χ0v) is 16.6. The Bertz CT molecular complexity index is 988. The molecule has 1 aliphatic heterocycles. The molecule has 1 amide bonds. The van der Waals surface area contributed by atoms with Crippen LogP contribution in [0.4, 0.5) is 0 Å². The monoisotopic (exact) mass is 378 g/mol. The summed E-state index contributed by atoms with van der Waals surface area (Å²) >= 11 is 0. The third kappa shape index (κ3) is 3.56. The van der Waals surface area contributed by atoms with Crippen molar-refractivity contribution in [2.24, 2.45) is 5.92 Å². The SMILES string of the molecule is Cc1nn(Cc2ccccc2)c(C)c1CNC(=O)C1CCc2nnc(C)n2C1. The molecule has 7 nitrogen and oxygen atoms in total. The van der Waals surface area contributed by atoms with Gasteiger partial charge in [0.2, 0.25) is 5.91 Å². The summed E-state index contributed by atoms with van der Waals surface area (Å²) in [7, 11) is 0. The van der Waals surface area contributed by atoms with Crippen LogP contribution in [0.25, 0.3) is 0 Å². The molecule has 1 atom stereocenters. The third-order valence-electron chi connectivity index (χ3n) is 5.65. The van der Waals surface area contributed by atoms with Gasteiger partial charge in [-0.1, -0.05) is 30.3 Å². The van der Waals surface area contributed by atoms with E-state index in [-0.39, 0.29) is 11.8 Å². The summed E-state index contributed by atoms with van der Waals surface area (Å²) in [4.78, 5) is 12.7. The number of carbonyl (C=O) groups excluding carboxylic acids is 1. The fourth-order valence-electron chi connectivity index (χ4n) is 3.90. The fourth-order valence-corrected chi connectivity index (χ4v) is 3.90. The predicted octanol–water partition coefficient (Wildman–Crippen LogP) is 2.33. The van der Waals surface area contributed by atoms with E-state index in [9.17, 15) is 4.79 Å². The maximum absolute atomic E-state index is 12.7. The van der Waals surface area contributed by atoms with Gasteiger partial charge in [0.05, 0.1) is 18.2 Å². The Morgan fingerprint density at radius 1 is 1.18 bits per heavy atom. The van der Waals surface area contributed by atoms with Crippen molar-refractivity contribution >= 4 is 5.91 Å². The molecule has 0 fully saturated rings. The van der Waals surface area contributed by atoms with Crippen LogP contribution in [0.3, 0.4) is 0 Å². The quantitative estimate of drug-likeness (QED) is 0.739. The molecule has 1 unspecified atom stereocenters. The van der Waals surface area contributed by atoms with E-state index >= 15 is 0 Å². The Labute approximate surface area is 164 Å². The van der Waals surface area contributed by atoms with Crippen molar-refractivity contribution in [1.82, 2.24) is 29.9 Å². The molecule has 0 bridgehead atoms. The van der Waals surface area contributed by atoms with Crippen LogP contribution < -0.4 is 5.32 Å². The lowest BCUT2D eigenvalue weighted by Crippen LogP contribution is -2.36. The first-order valence-corrected chi connectivity index (χ1v) is 9.76. The summed E-state index contributed by atoms with van der Waals surface area (Å²) in [6, 6.07) is 10.3. The largest absolute Gasteiger partial charge is 0.352 e. The van der Waals surface area contributed by atoms with Crippen LogP contribution in [-0.2, 0) is 30.8 Å². The summed E-state index contributed by atoms with van der Waals surface area (Å²) in [6.07, 6.45) is 1.61. The molecule has 0 spiro atoms. The van der Waals surface area contributed by atoms with E-state index in [1.54, 1.807) is 0 Å². The maximum atomic E-state index is 12.7. The minimum atomic E-state index is -0.0397. The Morgan fingerprint density at radius 3 is 2.75 bits per heavy atom. The summed E-state index contributed by atoms with van der Waals surface area (Å²) in [6.45, 7) is 7.91. The highest BCUT2D eigenvalue weighted by Crippen LogP contribution is 2.21. The number of benzene rings is 1. The van der Waals surface area contributed by atoms with Gasteiger partial charge in [-0.3, -0.25) is 9.48 Å². The van der Waals surface area contributed by atoms with Gasteiger partial charge in [-0.25, -0.2) is 0 Å². The minimum absolute atomic E-state index is 0.0397. The van der Waals surface area contributed by atoms with Crippen LogP contribution in [-0.4, -0.2) is 30.5 Å². The lowest BCUT2D eigenvalue weighted by Gasteiger charge is -2.23. The van der Waals surface area contributed by atoms with Crippen molar-refractivity contribution in [3.05, 3.63) is 64.5 Å². The molecule has 0 saturated heterocycles. The van der Waals surface area contributed by atoms with Crippen LogP contribution in [0.15, 0.2) is 30.3 Å². The number of carbonyl (C=O) groups is 1. The zero-order valence-electron chi connectivity index (χ0n) is 16.6. The van der Waals surface area contributed by atoms with Crippen molar-refractivity contribution in [2.45, 2.75) is 53.2 Å². The van der Waals surface area contributed by atoms with Crippen molar-refractivity contribution in [3.8, 4) is 0 Å². The molecule has 146 valence electrons. The van der Waals surface area contributed by atoms with Crippen LogP contribution in [0.5, 0.6) is 0 Å². The van der Waals surface area contributed by atoms with E-state index in [4.69, 9.17) is 0 Å². The van der Waals surface area contributed by atoms with Crippen LogP contribution in [0.1, 0.15) is 40.6 Å². The summed E-state index contributed by atoms with van der Waals surface area (Å²) in [5, 5.41) is 16.1. The number of hydrogen-bond acceptors (Lipinski definition) is 4. The molecule has 3 aromatic rings. The summed E-state index contributed by atoms with van der Waals surface area (Å²) in [5.74, 6) is 1.91. The van der Waals surface area contributed by atoms with Gasteiger partial charge in [0.15, 0.2) is 0 Å². The van der Waals surface area contributed by atoms with Gasteiger partial charge < -0.3 is 9.88 Å². The van der Waals surface area contributed by atoms with Crippen LogP contribution in [0.2, 0.25) is 0 Å². The average molecular weight is 378 g/mol. The van der Waals surface area contributed by atoms with Crippen molar-refractivity contribution in [3.63, 3.8) is 0 Å². The number of amides is 1. The van der Waals surface area contributed by atoms with Gasteiger partial charge in [-0.15, -0.1) is 10.2 Å². The smallest absolute Gasteiger partial charge is 0.225 e. The van der Waals surface area contributed by atoms with E-state index < -0.39 is 0 Å². The number of aromatic nitrogens is 5. The molecular formula is C21H26N6O. The standard InChI is InChI=1S/C21H26N6O/c1-14-19(15(2)27(25-14)12-17-7-5-4-6-8-17)11-22-21(28)18-9-10-20-24-23-16(3)26(20)13-18/h4-8,18H,9-13H2,1-3H3,(H,22,28). The summed E-state index contributed by atoms with van der Waals surface area (Å²) < 4.78 is 4.07. The number of aryl methyl sites for hydroxylation is 3. The highest BCUT2D eigenvalue weighted by molar-refractivity contribution is 5.78. The van der Waals surface area contributed by atoms with Gasteiger partial charge in [0, 0.05) is 30.8 Å². The van der Waals surface area contributed by atoms with Gasteiger partial charge in [-0.2, -0.15) is 5.10 Å². The van der Waals surface area contributed by atoms with Gasteiger partial charge in [0.25, 0.3) is 0 Å². The normalized spacial score (nSPS) is 16.0. The number of hydrogen-bond donors (Lipinski definition) is 1. The molecule has 2 aromatic heterocycles. The van der Waals surface area contributed by atoms with Crippen molar-refractivity contribution in [1.29, 1.82) is 0 Å². The highest BCUT2D eigenvalue weighted by atomic mass is 16.1. The second kappa shape index (κ2) is 7.58. The first kappa shape index (κ1) is 18.4. The highest BCUT2D eigenvalue weighted by Gasteiger charge is 2.27. The Hall–Kier alpha value is -2.96. The fraction of sp³-hybridized carbons (Fsp3) is 0.429. The zero-order chi connectivity index (χ0) is 19.7. The number of rotatable bonds is 5. The van der Waals surface area contributed by atoms with E-state index in [2.05, 4.69) is 44.2 Å². The molecule has 7 heteroatoms.